The van der Waals surface area contributed by atoms with Crippen LogP contribution in [-0.2, 0) is 0 Å². The SMILES string of the molecule is Nc1ncc(C(O)c2cc(F)c(F)cc2F)s1. The average molecular weight is 260 g/mol. The molecule has 1 aromatic carbocycles. The third-order valence-corrected chi connectivity index (χ3v) is 3.02. The molecule has 1 heterocycles. The van der Waals surface area contributed by atoms with Crippen LogP contribution in [0, 0.1) is 17.5 Å². The summed E-state index contributed by atoms with van der Waals surface area (Å²) in [6.07, 6.45) is -0.161. The molecule has 3 nitrogen and oxygen atoms in total. The van der Waals surface area contributed by atoms with E-state index in [9.17, 15) is 18.3 Å². The summed E-state index contributed by atoms with van der Waals surface area (Å²) in [5.41, 5.74) is 5.00. The van der Waals surface area contributed by atoms with E-state index in [-0.39, 0.29) is 15.6 Å². The Kier molecular flexibility index (Phi) is 3.03. The fraction of sp³-hybridized carbons (Fsp3) is 0.100. The van der Waals surface area contributed by atoms with Crippen molar-refractivity contribution in [3.05, 3.63) is 46.2 Å². The topological polar surface area (TPSA) is 59.1 Å². The fourth-order valence-corrected chi connectivity index (χ4v) is 2.02. The minimum absolute atomic E-state index is 0.196. The second-order valence-electron chi connectivity index (χ2n) is 3.29. The van der Waals surface area contributed by atoms with E-state index in [0.29, 0.717) is 12.1 Å². The average Bonchev–Trinajstić information content (AvgIpc) is 2.69. The molecule has 2 rings (SSSR count). The van der Waals surface area contributed by atoms with Gasteiger partial charge in [-0.25, -0.2) is 18.2 Å². The predicted octanol–water partition coefficient (Wildman–Crippen LogP) is 2.22. The molecule has 1 atom stereocenters. The van der Waals surface area contributed by atoms with Gasteiger partial charge < -0.3 is 10.8 Å². The maximum Gasteiger partial charge on any atom is 0.180 e. The van der Waals surface area contributed by atoms with Gasteiger partial charge in [-0.2, -0.15) is 0 Å². The van der Waals surface area contributed by atoms with Crippen LogP contribution in [0.15, 0.2) is 18.3 Å². The van der Waals surface area contributed by atoms with E-state index in [2.05, 4.69) is 4.98 Å². The number of benzene rings is 1. The number of aliphatic hydroxyl groups excluding tert-OH is 1. The van der Waals surface area contributed by atoms with Gasteiger partial charge in [-0.05, 0) is 6.07 Å². The molecule has 2 aromatic rings. The van der Waals surface area contributed by atoms with E-state index in [1.807, 2.05) is 0 Å². The number of hydrogen-bond acceptors (Lipinski definition) is 4. The van der Waals surface area contributed by atoms with Gasteiger partial charge in [0.15, 0.2) is 16.8 Å². The molecule has 0 saturated heterocycles. The maximum absolute atomic E-state index is 13.4. The van der Waals surface area contributed by atoms with Gasteiger partial charge >= 0.3 is 0 Å². The number of anilines is 1. The molecule has 17 heavy (non-hydrogen) atoms. The molecule has 1 unspecified atom stereocenters. The number of rotatable bonds is 2. The Morgan fingerprint density at radius 3 is 2.41 bits per heavy atom. The lowest BCUT2D eigenvalue weighted by atomic mass is 10.1. The first-order valence-electron chi connectivity index (χ1n) is 4.52. The molecule has 0 aliphatic carbocycles. The van der Waals surface area contributed by atoms with Crippen molar-refractivity contribution in [1.82, 2.24) is 4.98 Å². The van der Waals surface area contributed by atoms with Crippen LogP contribution in [0.1, 0.15) is 16.5 Å². The highest BCUT2D eigenvalue weighted by Crippen LogP contribution is 2.30. The Balaban J connectivity index is 2.43. The molecule has 0 spiro atoms. The Morgan fingerprint density at radius 1 is 1.18 bits per heavy atom. The number of hydrogen-bond donors (Lipinski definition) is 2. The van der Waals surface area contributed by atoms with Gasteiger partial charge in [0, 0.05) is 17.8 Å². The summed E-state index contributed by atoms with van der Waals surface area (Å²) >= 11 is 0.943. The smallest absolute Gasteiger partial charge is 0.180 e. The van der Waals surface area contributed by atoms with Crippen molar-refractivity contribution >= 4 is 16.5 Å². The Hall–Kier alpha value is -1.60. The summed E-state index contributed by atoms with van der Waals surface area (Å²) < 4.78 is 39.0. The van der Waals surface area contributed by atoms with Gasteiger partial charge in [-0.3, -0.25) is 0 Å². The van der Waals surface area contributed by atoms with E-state index in [0.717, 1.165) is 11.3 Å². The molecular weight excluding hydrogens is 253 g/mol. The second-order valence-corrected chi connectivity index (χ2v) is 4.39. The number of aromatic nitrogens is 1. The van der Waals surface area contributed by atoms with E-state index in [1.54, 1.807) is 0 Å². The molecule has 3 N–H and O–H groups in total. The summed E-state index contributed by atoms with van der Waals surface area (Å²) in [5, 5.41) is 9.98. The zero-order valence-electron chi connectivity index (χ0n) is 8.32. The monoisotopic (exact) mass is 260 g/mol. The number of halogens is 3. The molecule has 7 heteroatoms. The lowest BCUT2D eigenvalue weighted by Crippen LogP contribution is -2.03. The third kappa shape index (κ3) is 2.25. The zero-order valence-corrected chi connectivity index (χ0v) is 9.14. The second kappa shape index (κ2) is 4.34. The molecule has 0 fully saturated rings. The molecule has 90 valence electrons. The zero-order chi connectivity index (χ0) is 12.6. The van der Waals surface area contributed by atoms with E-state index < -0.39 is 23.6 Å². The molecule has 0 radical (unpaired) electrons. The van der Waals surface area contributed by atoms with Crippen LogP contribution in [0.4, 0.5) is 18.3 Å². The minimum Gasteiger partial charge on any atom is -0.383 e. The predicted molar refractivity (Wildman–Crippen MR) is 56.9 cm³/mol. The minimum atomic E-state index is -1.42. The molecule has 0 saturated carbocycles. The summed E-state index contributed by atoms with van der Waals surface area (Å²) in [6.45, 7) is 0. The van der Waals surface area contributed by atoms with Gasteiger partial charge in [0.25, 0.3) is 0 Å². The first kappa shape index (κ1) is 11.9. The van der Waals surface area contributed by atoms with E-state index in [1.165, 1.54) is 6.20 Å². The van der Waals surface area contributed by atoms with E-state index >= 15 is 0 Å². The quantitative estimate of drug-likeness (QED) is 0.814. The van der Waals surface area contributed by atoms with Crippen LogP contribution in [0.5, 0.6) is 0 Å². The normalized spacial score (nSPS) is 12.7. The summed E-state index contributed by atoms with van der Waals surface area (Å²) in [7, 11) is 0. The molecule has 0 aliphatic heterocycles. The van der Waals surface area contributed by atoms with Gasteiger partial charge in [0.2, 0.25) is 0 Å². The fourth-order valence-electron chi connectivity index (χ4n) is 1.33. The molecule has 1 aromatic heterocycles. The van der Waals surface area contributed by atoms with Crippen molar-refractivity contribution in [3.8, 4) is 0 Å². The molecule has 0 bridgehead atoms. The number of thiazole rings is 1. The lowest BCUT2D eigenvalue weighted by molar-refractivity contribution is 0.217. The molecule has 0 aliphatic rings. The first-order chi connectivity index (χ1) is 7.99. The number of nitrogens with zero attached hydrogens (tertiary/aromatic N) is 1. The third-order valence-electron chi connectivity index (χ3n) is 2.15. The van der Waals surface area contributed by atoms with Crippen LogP contribution in [0.3, 0.4) is 0 Å². The van der Waals surface area contributed by atoms with Gasteiger partial charge in [0.05, 0.1) is 4.88 Å². The van der Waals surface area contributed by atoms with Crippen LogP contribution in [-0.4, -0.2) is 10.1 Å². The van der Waals surface area contributed by atoms with Crippen molar-refractivity contribution in [2.24, 2.45) is 0 Å². The number of nitrogen functional groups attached to an aromatic ring is 1. The van der Waals surface area contributed by atoms with Crippen LogP contribution >= 0.6 is 11.3 Å². The Morgan fingerprint density at radius 2 is 1.82 bits per heavy atom. The highest BCUT2D eigenvalue weighted by molar-refractivity contribution is 7.15. The number of aliphatic hydroxyl groups is 1. The van der Waals surface area contributed by atoms with Crippen LogP contribution in [0.25, 0.3) is 0 Å². The van der Waals surface area contributed by atoms with Gasteiger partial charge in [0.1, 0.15) is 11.9 Å². The summed E-state index contributed by atoms with van der Waals surface area (Å²) in [4.78, 5) is 3.94. The van der Waals surface area contributed by atoms with Crippen molar-refractivity contribution in [3.63, 3.8) is 0 Å². The standard InChI is InChI=1S/C10H7F3N2OS/c11-5-2-7(13)6(12)1-4(5)9(16)8-3-15-10(14)17-8/h1-3,9,16H,(H2,14,15). The number of nitrogens with two attached hydrogens (primary N) is 1. The Labute approximate surface area is 98.3 Å². The van der Waals surface area contributed by atoms with Crippen molar-refractivity contribution in [2.45, 2.75) is 6.10 Å². The maximum atomic E-state index is 13.4. The van der Waals surface area contributed by atoms with E-state index in [4.69, 9.17) is 5.73 Å². The Bertz CT molecular complexity index is 558. The lowest BCUT2D eigenvalue weighted by Gasteiger charge is -2.09. The van der Waals surface area contributed by atoms with Crippen LogP contribution < -0.4 is 5.73 Å². The first-order valence-corrected chi connectivity index (χ1v) is 5.34. The van der Waals surface area contributed by atoms with Crippen molar-refractivity contribution in [1.29, 1.82) is 0 Å². The molecule has 0 amide bonds. The van der Waals surface area contributed by atoms with Gasteiger partial charge in [-0.1, -0.05) is 11.3 Å². The highest BCUT2D eigenvalue weighted by atomic mass is 32.1. The highest BCUT2D eigenvalue weighted by Gasteiger charge is 2.20. The van der Waals surface area contributed by atoms with Crippen LogP contribution in [0.2, 0.25) is 0 Å². The largest absolute Gasteiger partial charge is 0.383 e. The van der Waals surface area contributed by atoms with Crippen molar-refractivity contribution < 1.29 is 18.3 Å². The molecular formula is C10H7F3N2OS. The van der Waals surface area contributed by atoms with Crippen molar-refractivity contribution in [2.75, 3.05) is 5.73 Å². The summed E-state index contributed by atoms with van der Waals surface area (Å²) in [5.74, 6) is -3.55. The summed E-state index contributed by atoms with van der Waals surface area (Å²) in [6, 6.07) is 1.00. The van der Waals surface area contributed by atoms with Gasteiger partial charge in [-0.15, -0.1) is 0 Å².